The van der Waals surface area contributed by atoms with Crippen molar-refractivity contribution >= 4 is 0 Å². The Morgan fingerprint density at radius 3 is 2.61 bits per heavy atom. The van der Waals surface area contributed by atoms with Crippen LogP contribution in [0.3, 0.4) is 0 Å². The first-order valence-corrected chi connectivity index (χ1v) is 7.50. The monoisotopic (exact) mass is 317 g/mol. The second kappa shape index (κ2) is 6.93. The number of ether oxygens (including phenoxy) is 1. The van der Waals surface area contributed by atoms with Gasteiger partial charge < -0.3 is 15.6 Å². The Morgan fingerprint density at radius 2 is 1.96 bits per heavy atom. The van der Waals surface area contributed by atoms with Crippen molar-refractivity contribution in [2.45, 2.75) is 32.9 Å². The number of aliphatic hydroxyl groups is 1. The van der Waals surface area contributed by atoms with Gasteiger partial charge in [-0.1, -0.05) is 39.0 Å². The number of nitrogens with zero attached hydrogens (tertiary/aromatic N) is 1. The molecule has 0 aliphatic heterocycles. The summed E-state index contributed by atoms with van der Waals surface area (Å²) in [5.74, 6) is 0.518. The Hall–Kier alpha value is -2.18. The molecule has 1 aromatic heterocycles. The second-order valence-electron chi connectivity index (χ2n) is 6.57. The Balaban J connectivity index is 2.19. The van der Waals surface area contributed by atoms with E-state index in [1.807, 2.05) is 32.9 Å². The molecule has 0 bridgehead atoms. The number of nitrogens with two attached hydrogens (primary N) is 1. The van der Waals surface area contributed by atoms with Gasteiger partial charge in [-0.25, -0.2) is 5.10 Å². The van der Waals surface area contributed by atoms with Crippen molar-refractivity contribution in [3.63, 3.8) is 0 Å². The van der Waals surface area contributed by atoms with E-state index in [2.05, 4.69) is 10.2 Å². The van der Waals surface area contributed by atoms with Crippen LogP contribution in [-0.4, -0.2) is 34.1 Å². The van der Waals surface area contributed by atoms with E-state index in [1.54, 1.807) is 18.2 Å². The normalized spacial score (nSPS) is 14.3. The number of H-pyrrole nitrogens is 1. The van der Waals surface area contributed by atoms with E-state index in [9.17, 15) is 9.90 Å². The molecule has 4 N–H and O–H groups in total. The SMILES string of the molecule is CC(C)(C)C(N)C(O)COc1ccccc1-c1ccn[nH]c1=O. The molecule has 0 saturated heterocycles. The third kappa shape index (κ3) is 4.18. The first-order valence-electron chi connectivity index (χ1n) is 7.50. The lowest BCUT2D eigenvalue weighted by atomic mass is 9.84. The Morgan fingerprint density at radius 1 is 1.26 bits per heavy atom. The molecule has 6 heteroatoms. The Labute approximate surface area is 135 Å². The van der Waals surface area contributed by atoms with Crippen LogP contribution < -0.4 is 16.0 Å². The smallest absolute Gasteiger partial charge is 0.272 e. The molecule has 124 valence electrons. The number of nitrogens with one attached hydrogen (secondary N) is 1. The number of benzene rings is 1. The maximum atomic E-state index is 11.9. The summed E-state index contributed by atoms with van der Waals surface area (Å²) in [6, 6.07) is 8.38. The molecule has 0 aliphatic carbocycles. The van der Waals surface area contributed by atoms with Gasteiger partial charge in [0.1, 0.15) is 18.5 Å². The van der Waals surface area contributed by atoms with Crippen molar-refractivity contribution in [2.24, 2.45) is 11.1 Å². The van der Waals surface area contributed by atoms with Crippen LogP contribution in [0.2, 0.25) is 0 Å². The lowest BCUT2D eigenvalue weighted by Gasteiger charge is -2.31. The Bertz CT molecular complexity index is 706. The van der Waals surface area contributed by atoms with Crippen LogP contribution in [0.4, 0.5) is 0 Å². The quantitative estimate of drug-likeness (QED) is 0.776. The van der Waals surface area contributed by atoms with Crippen LogP contribution in [0, 0.1) is 5.41 Å². The van der Waals surface area contributed by atoms with Crippen LogP contribution >= 0.6 is 0 Å². The highest BCUT2D eigenvalue weighted by Gasteiger charge is 2.28. The van der Waals surface area contributed by atoms with Gasteiger partial charge in [0, 0.05) is 17.8 Å². The average molecular weight is 317 g/mol. The van der Waals surface area contributed by atoms with E-state index >= 15 is 0 Å². The highest BCUT2D eigenvalue weighted by Crippen LogP contribution is 2.28. The molecule has 0 fully saturated rings. The fourth-order valence-electron chi connectivity index (χ4n) is 2.23. The summed E-state index contributed by atoms with van der Waals surface area (Å²) in [6.45, 7) is 5.94. The zero-order valence-corrected chi connectivity index (χ0v) is 13.6. The van der Waals surface area contributed by atoms with Crippen LogP contribution in [0.15, 0.2) is 41.3 Å². The van der Waals surface area contributed by atoms with Gasteiger partial charge in [0.05, 0.1) is 5.56 Å². The minimum absolute atomic E-state index is 0.0540. The summed E-state index contributed by atoms with van der Waals surface area (Å²) in [5, 5.41) is 16.3. The third-order valence-electron chi connectivity index (χ3n) is 3.73. The lowest BCUT2D eigenvalue weighted by Crippen LogP contribution is -2.47. The third-order valence-corrected chi connectivity index (χ3v) is 3.73. The molecule has 23 heavy (non-hydrogen) atoms. The maximum Gasteiger partial charge on any atom is 0.272 e. The number of aliphatic hydroxyl groups excluding tert-OH is 1. The molecule has 2 unspecified atom stereocenters. The van der Waals surface area contributed by atoms with Crippen LogP contribution in [0.25, 0.3) is 11.1 Å². The van der Waals surface area contributed by atoms with E-state index in [0.29, 0.717) is 16.9 Å². The molecule has 2 aromatic rings. The van der Waals surface area contributed by atoms with Gasteiger partial charge in [-0.3, -0.25) is 4.79 Å². The van der Waals surface area contributed by atoms with Crippen molar-refractivity contribution in [2.75, 3.05) is 6.61 Å². The fourth-order valence-corrected chi connectivity index (χ4v) is 2.23. The van der Waals surface area contributed by atoms with Crippen molar-refractivity contribution in [3.8, 4) is 16.9 Å². The summed E-state index contributed by atoms with van der Waals surface area (Å²) in [4.78, 5) is 11.9. The molecule has 0 spiro atoms. The predicted octanol–water partition coefficient (Wildman–Crippen LogP) is 1.55. The molecule has 1 heterocycles. The van der Waals surface area contributed by atoms with Crippen molar-refractivity contribution in [1.29, 1.82) is 0 Å². The predicted molar refractivity (Wildman–Crippen MR) is 89.2 cm³/mol. The number of aromatic amines is 1. The highest BCUT2D eigenvalue weighted by atomic mass is 16.5. The Kier molecular flexibility index (Phi) is 5.18. The van der Waals surface area contributed by atoms with Gasteiger partial charge in [0.15, 0.2) is 0 Å². The maximum absolute atomic E-state index is 11.9. The van der Waals surface area contributed by atoms with E-state index in [0.717, 1.165) is 0 Å². The summed E-state index contributed by atoms with van der Waals surface area (Å²) < 4.78 is 5.72. The first kappa shape index (κ1) is 17.2. The average Bonchev–Trinajstić information content (AvgIpc) is 2.52. The van der Waals surface area contributed by atoms with Crippen molar-refractivity contribution in [1.82, 2.24) is 10.2 Å². The molecule has 0 aliphatic rings. The summed E-state index contributed by atoms with van der Waals surface area (Å²) in [6.07, 6.45) is 0.705. The highest BCUT2D eigenvalue weighted by molar-refractivity contribution is 5.69. The topological polar surface area (TPSA) is 101 Å². The van der Waals surface area contributed by atoms with Gasteiger partial charge in [-0.05, 0) is 17.5 Å². The lowest BCUT2D eigenvalue weighted by molar-refractivity contribution is 0.0497. The molecule has 2 rings (SSSR count). The number of hydrogen-bond acceptors (Lipinski definition) is 5. The van der Waals surface area contributed by atoms with Crippen LogP contribution in [0.5, 0.6) is 5.75 Å². The summed E-state index contributed by atoms with van der Waals surface area (Å²) in [7, 11) is 0. The fraction of sp³-hybridized carbons (Fsp3) is 0.412. The van der Waals surface area contributed by atoms with Gasteiger partial charge in [0.2, 0.25) is 0 Å². The first-order chi connectivity index (χ1) is 10.8. The summed E-state index contributed by atoms with van der Waals surface area (Å²) >= 11 is 0. The minimum Gasteiger partial charge on any atom is -0.490 e. The standard InChI is InChI=1S/C17H23N3O3/c1-17(2,3)15(18)13(21)10-23-14-7-5-4-6-11(14)12-8-9-19-20-16(12)22/h4-9,13,15,21H,10,18H2,1-3H3,(H,20,22). The van der Waals surface area contributed by atoms with Gasteiger partial charge in [0.25, 0.3) is 5.56 Å². The zero-order valence-electron chi connectivity index (χ0n) is 13.6. The number of hydrogen-bond donors (Lipinski definition) is 3. The molecular weight excluding hydrogens is 294 g/mol. The molecule has 1 aromatic carbocycles. The zero-order chi connectivity index (χ0) is 17.0. The molecule has 0 saturated carbocycles. The molecule has 2 atom stereocenters. The summed E-state index contributed by atoms with van der Waals surface area (Å²) in [5.41, 5.74) is 6.62. The molecule has 6 nitrogen and oxygen atoms in total. The van der Waals surface area contributed by atoms with Gasteiger partial charge in [-0.15, -0.1) is 0 Å². The largest absolute Gasteiger partial charge is 0.490 e. The number of rotatable bonds is 5. The van der Waals surface area contributed by atoms with Crippen molar-refractivity contribution in [3.05, 3.63) is 46.9 Å². The number of para-hydroxylation sites is 1. The van der Waals surface area contributed by atoms with E-state index in [-0.39, 0.29) is 17.6 Å². The van der Waals surface area contributed by atoms with E-state index in [1.165, 1.54) is 6.20 Å². The number of aromatic nitrogens is 2. The van der Waals surface area contributed by atoms with E-state index < -0.39 is 12.1 Å². The van der Waals surface area contributed by atoms with Crippen molar-refractivity contribution < 1.29 is 9.84 Å². The molecule has 0 amide bonds. The minimum atomic E-state index is -0.807. The molecule has 0 radical (unpaired) electrons. The van der Waals surface area contributed by atoms with Gasteiger partial charge in [-0.2, -0.15) is 5.10 Å². The van der Waals surface area contributed by atoms with E-state index in [4.69, 9.17) is 10.5 Å². The van der Waals surface area contributed by atoms with Crippen LogP contribution in [0.1, 0.15) is 20.8 Å². The van der Waals surface area contributed by atoms with Crippen LogP contribution in [-0.2, 0) is 0 Å². The van der Waals surface area contributed by atoms with Gasteiger partial charge >= 0.3 is 0 Å². The second-order valence-corrected chi connectivity index (χ2v) is 6.57. The molecular formula is C17H23N3O3.